The molecule has 1 aliphatic carbocycles. The van der Waals surface area contributed by atoms with Crippen LogP contribution in [0.1, 0.15) is 47.4 Å². The van der Waals surface area contributed by atoms with Crippen LogP contribution in [-0.4, -0.2) is 21.5 Å². The molecule has 1 fully saturated rings. The highest BCUT2D eigenvalue weighted by Crippen LogP contribution is 2.24. The Hall–Kier alpha value is -1.49. The number of aryl methyl sites for hydroxylation is 1. The number of nitrogens with zero attached hydrogens (tertiary/aromatic N) is 2. The first-order chi connectivity index (χ1) is 8.54. The Morgan fingerprint density at radius 1 is 1.39 bits per heavy atom. The average Bonchev–Trinajstić information content (AvgIpc) is 2.64. The van der Waals surface area contributed by atoms with Crippen LogP contribution in [0, 0.1) is 19.8 Å². The van der Waals surface area contributed by atoms with Crippen molar-refractivity contribution in [2.75, 3.05) is 0 Å². The zero-order chi connectivity index (χ0) is 13.3. The molecule has 0 unspecified atom stereocenters. The Morgan fingerprint density at radius 3 is 2.50 bits per heavy atom. The van der Waals surface area contributed by atoms with E-state index in [1.54, 1.807) is 0 Å². The molecule has 1 aliphatic rings. The molecule has 0 spiro atoms. The van der Waals surface area contributed by atoms with Crippen molar-refractivity contribution in [1.82, 2.24) is 9.78 Å². The fourth-order valence-electron chi connectivity index (χ4n) is 2.54. The molecule has 1 saturated carbocycles. The third-order valence-corrected chi connectivity index (χ3v) is 3.75. The highest BCUT2D eigenvalue weighted by atomic mass is 16.2. The smallest absolute Gasteiger partial charge is 0.250 e. The molecule has 98 valence electrons. The van der Waals surface area contributed by atoms with E-state index in [1.807, 2.05) is 13.8 Å². The van der Waals surface area contributed by atoms with Crippen LogP contribution in [0.5, 0.6) is 0 Å². The highest BCUT2D eigenvalue weighted by Gasteiger charge is 2.28. The Bertz CT molecular complexity index is 481. The molecule has 0 amide bonds. The average molecular weight is 249 g/mol. The molecular formula is C13H19N3O2. The van der Waals surface area contributed by atoms with Crippen molar-refractivity contribution < 1.29 is 9.59 Å². The minimum atomic E-state index is -0.0775. The molecule has 2 rings (SSSR count). The van der Waals surface area contributed by atoms with Gasteiger partial charge >= 0.3 is 0 Å². The number of hydrogen-bond acceptors (Lipinski definition) is 4. The van der Waals surface area contributed by atoms with E-state index in [4.69, 9.17) is 5.73 Å². The number of aromatic nitrogens is 2. The van der Waals surface area contributed by atoms with Gasteiger partial charge in [-0.05, 0) is 26.7 Å². The number of carbonyl (C=O) groups excluding carboxylic acids is 2. The van der Waals surface area contributed by atoms with Crippen LogP contribution in [-0.2, 0) is 11.3 Å². The maximum atomic E-state index is 12.4. The van der Waals surface area contributed by atoms with E-state index in [9.17, 15) is 9.59 Å². The number of ketones is 1. The van der Waals surface area contributed by atoms with Gasteiger partial charge in [0.2, 0.25) is 5.91 Å². The predicted molar refractivity (Wildman–Crippen MR) is 67.2 cm³/mol. The van der Waals surface area contributed by atoms with Gasteiger partial charge in [0.15, 0.2) is 0 Å². The second kappa shape index (κ2) is 5.02. The van der Waals surface area contributed by atoms with Crippen LogP contribution in [0.3, 0.4) is 0 Å². The lowest BCUT2D eigenvalue weighted by Crippen LogP contribution is -2.28. The van der Waals surface area contributed by atoms with Gasteiger partial charge in [-0.3, -0.25) is 9.59 Å². The van der Waals surface area contributed by atoms with Gasteiger partial charge in [0, 0.05) is 36.6 Å². The van der Waals surface area contributed by atoms with Crippen molar-refractivity contribution >= 4 is 11.7 Å². The molecule has 0 radical (unpaired) electrons. The van der Waals surface area contributed by atoms with Gasteiger partial charge in [-0.1, -0.05) is 0 Å². The largest absolute Gasteiger partial charge is 0.326 e. The second-order valence-corrected chi connectivity index (χ2v) is 4.92. The van der Waals surface area contributed by atoms with Gasteiger partial charge < -0.3 is 5.73 Å². The summed E-state index contributed by atoms with van der Waals surface area (Å²) in [6.45, 7) is 4.13. The summed E-state index contributed by atoms with van der Waals surface area (Å²) >= 11 is 0. The molecule has 0 aromatic carbocycles. The molecule has 1 heterocycles. The van der Waals surface area contributed by atoms with E-state index in [2.05, 4.69) is 5.10 Å². The Labute approximate surface area is 106 Å². The summed E-state index contributed by atoms with van der Waals surface area (Å²) in [5.41, 5.74) is 8.24. The Morgan fingerprint density at radius 2 is 2.00 bits per heavy atom. The van der Waals surface area contributed by atoms with Crippen LogP contribution in [0.25, 0.3) is 0 Å². The predicted octanol–water partition coefficient (Wildman–Crippen LogP) is 1.36. The molecule has 0 aliphatic heterocycles. The lowest BCUT2D eigenvalue weighted by molar-refractivity contribution is -0.120. The van der Waals surface area contributed by atoms with Crippen molar-refractivity contribution in [3.8, 4) is 0 Å². The summed E-state index contributed by atoms with van der Waals surface area (Å²) in [7, 11) is 0. The summed E-state index contributed by atoms with van der Waals surface area (Å²) in [5.74, 6) is 0.184. The maximum Gasteiger partial charge on any atom is 0.250 e. The van der Waals surface area contributed by atoms with Gasteiger partial charge in [0.05, 0.1) is 5.69 Å². The Kier molecular flexibility index (Phi) is 3.61. The maximum absolute atomic E-state index is 12.4. The summed E-state index contributed by atoms with van der Waals surface area (Å²) in [6.07, 6.45) is 2.32. The number of carbonyl (C=O) groups is 2. The molecule has 0 saturated heterocycles. The molecule has 5 heteroatoms. The first-order valence-corrected chi connectivity index (χ1v) is 6.35. The van der Waals surface area contributed by atoms with Gasteiger partial charge in [-0.2, -0.15) is 5.10 Å². The van der Waals surface area contributed by atoms with E-state index < -0.39 is 0 Å². The fraction of sp³-hybridized carbons (Fsp3) is 0.615. The molecule has 1 aromatic heterocycles. The zero-order valence-electron chi connectivity index (χ0n) is 10.9. The lowest BCUT2D eigenvalue weighted by Gasteiger charge is -2.19. The van der Waals surface area contributed by atoms with E-state index >= 15 is 0 Å². The Balaban J connectivity index is 2.21. The first-order valence-electron chi connectivity index (χ1n) is 6.35. The molecule has 0 atom stereocenters. The van der Waals surface area contributed by atoms with Gasteiger partial charge in [0.25, 0.3) is 0 Å². The van der Waals surface area contributed by atoms with Crippen molar-refractivity contribution in [2.45, 2.75) is 46.1 Å². The van der Waals surface area contributed by atoms with Crippen LogP contribution in [0.4, 0.5) is 0 Å². The van der Waals surface area contributed by atoms with E-state index in [0.717, 1.165) is 17.0 Å². The molecule has 5 nitrogen and oxygen atoms in total. The fourth-order valence-corrected chi connectivity index (χ4v) is 2.54. The van der Waals surface area contributed by atoms with Gasteiger partial charge in [-0.15, -0.1) is 0 Å². The van der Waals surface area contributed by atoms with Crippen LogP contribution in [0.15, 0.2) is 0 Å². The van der Waals surface area contributed by atoms with Crippen molar-refractivity contribution in [1.29, 1.82) is 0 Å². The topological polar surface area (TPSA) is 78.0 Å². The highest BCUT2D eigenvalue weighted by molar-refractivity contribution is 5.86. The molecule has 1 aromatic rings. The summed E-state index contributed by atoms with van der Waals surface area (Å²) in [4.78, 5) is 23.5. The van der Waals surface area contributed by atoms with Crippen LogP contribution < -0.4 is 5.73 Å². The zero-order valence-corrected chi connectivity index (χ0v) is 10.9. The normalized spacial score (nSPS) is 17.2. The van der Waals surface area contributed by atoms with Gasteiger partial charge in [-0.25, -0.2) is 4.68 Å². The van der Waals surface area contributed by atoms with E-state index in [0.29, 0.717) is 32.2 Å². The number of hydrogen-bond donors (Lipinski definition) is 1. The standard InChI is InChI=1S/C13H19N3O2/c1-8-12(7-14)9(2)16(15-8)13(18)10-3-5-11(17)6-4-10/h10H,3-7,14H2,1-2H3. The first kappa shape index (κ1) is 13.0. The number of Topliss-reactive ketones (excluding diaryl/α,β-unsaturated/α-hetero) is 1. The molecule has 0 bridgehead atoms. The summed E-state index contributed by atoms with van der Waals surface area (Å²) in [6, 6.07) is 0. The monoisotopic (exact) mass is 249 g/mol. The van der Waals surface area contributed by atoms with E-state index in [1.165, 1.54) is 4.68 Å². The van der Waals surface area contributed by atoms with Crippen molar-refractivity contribution in [3.05, 3.63) is 17.0 Å². The minimum Gasteiger partial charge on any atom is -0.326 e. The molecular weight excluding hydrogens is 230 g/mol. The lowest BCUT2D eigenvalue weighted by atomic mass is 9.88. The molecule has 18 heavy (non-hydrogen) atoms. The van der Waals surface area contributed by atoms with Crippen LogP contribution in [0.2, 0.25) is 0 Å². The number of nitrogens with two attached hydrogens (primary N) is 1. The third-order valence-electron chi connectivity index (χ3n) is 3.75. The summed E-state index contributed by atoms with van der Waals surface area (Å²) < 4.78 is 1.47. The van der Waals surface area contributed by atoms with Crippen molar-refractivity contribution in [3.63, 3.8) is 0 Å². The second-order valence-electron chi connectivity index (χ2n) is 4.92. The summed E-state index contributed by atoms with van der Waals surface area (Å²) in [5, 5.41) is 4.28. The number of rotatable bonds is 2. The third kappa shape index (κ3) is 2.22. The van der Waals surface area contributed by atoms with Crippen LogP contribution >= 0.6 is 0 Å². The van der Waals surface area contributed by atoms with E-state index in [-0.39, 0.29) is 17.6 Å². The molecule has 2 N–H and O–H groups in total. The van der Waals surface area contributed by atoms with Gasteiger partial charge in [0.1, 0.15) is 5.78 Å². The van der Waals surface area contributed by atoms with Crippen molar-refractivity contribution in [2.24, 2.45) is 11.7 Å². The minimum absolute atomic E-state index is 0.00259. The SMILES string of the molecule is Cc1nn(C(=O)C2CCC(=O)CC2)c(C)c1CN. The quantitative estimate of drug-likeness (QED) is 0.858.